The minimum absolute atomic E-state index is 0.0702. The van der Waals surface area contributed by atoms with Gasteiger partial charge in [0.05, 0.1) is 6.61 Å². The highest BCUT2D eigenvalue weighted by molar-refractivity contribution is 5.54. The van der Waals surface area contributed by atoms with E-state index in [1.54, 1.807) is 0 Å². The molecule has 0 saturated heterocycles. The average Bonchev–Trinajstić information content (AvgIpc) is 2.58. The number of unbranched alkanes of at least 4 members (excludes halogenated alkanes) is 2. The second-order valence-electron chi connectivity index (χ2n) is 6.37. The minimum Gasteiger partial charge on any atom is -0.477 e. The van der Waals surface area contributed by atoms with Gasteiger partial charge >= 0.3 is 6.18 Å². The number of rotatable bonds is 8. The highest BCUT2D eigenvalue weighted by atomic mass is 19.4. The van der Waals surface area contributed by atoms with E-state index in [2.05, 4.69) is 29.1 Å². The summed E-state index contributed by atoms with van der Waals surface area (Å²) in [6.45, 7) is 6.38. The van der Waals surface area contributed by atoms with E-state index < -0.39 is 17.6 Å². The van der Waals surface area contributed by atoms with E-state index in [4.69, 9.17) is 4.74 Å². The van der Waals surface area contributed by atoms with Gasteiger partial charge in [-0.25, -0.2) is 4.98 Å². The van der Waals surface area contributed by atoms with Crippen LogP contribution in [0.3, 0.4) is 0 Å². The zero-order valence-electron chi connectivity index (χ0n) is 15.2. The Morgan fingerprint density at radius 2 is 1.81 bits per heavy atom. The van der Waals surface area contributed by atoms with E-state index in [9.17, 15) is 13.2 Å². The molecular formula is C19H24F3N3O. The fourth-order valence-corrected chi connectivity index (χ4v) is 2.33. The number of halogens is 3. The molecule has 26 heavy (non-hydrogen) atoms. The van der Waals surface area contributed by atoms with Crippen LogP contribution in [0.15, 0.2) is 30.5 Å². The van der Waals surface area contributed by atoms with Gasteiger partial charge in [0.25, 0.3) is 0 Å². The molecule has 7 heteroatoms. The molecule has 142 valence electrons. The fourth-order valence-electron chi connectivity index (χ4n) is 2.33. The first-order valence-electron chi connectivity index (χ1n) is 8.75. The van der Waals surface area contributed by atoms with E-state index >= 15 is 0 Å². The Balaban J connectivity index is 2.18. The van der Waals surface area contributed by atoms with Crippen LogP contribution in [-0.4, -0.2) is 16.6 Å². The van der Waals surface area contributed by atoms with Crippen LogP contribution in [0, 0.1) is 0 Å². The van der Waals surface area contributed by atoms with E-state index in [0.29, 0.717) is 18.0 Å². The molecule has 1 aromatic carbocycles. The minimum atomic E-state index is -4.56. The van der Waals surface area contributed by atoms with Gasteiger partial charge < -0.3 is 10.1 Å². The number of alkyl halides is 3. The van der Waals surface area contributed by atoms with Gasteiger partial charge in [-0.05, 0) is 30.0 Å². The molecule has 0 atom stereocenters. The summed E-state index contributed by atoms with van der Waals surface area (Å²) >= 11 is 0. The molecule has 1 N–H and O–H groups in total. The molecule has 1 heterocycles. The molecule has 0 amide bonds. The van der Waals surface area contributed by atoms with Crippen LogP contribution in [0.2, 0.25) is 0 Å². The Morgan fingerprint density at radius 1 is 1.12 bits per heavy atom. The molecule has 0 fully saturated rings. The molecule has 4 nitrogen and oxygen atoms in total. The molecule has 2 aromatic rings. The van der Waals surface area contributed by atoms with Crippen molar-refractivity contribution in [1.29, 1.82) is 0 Å². The van der Waals surface area contributed by atoms with E-state index in [1.165, 1.54) is 5.56 Å². The third-order valence-corrected chi connectivity index (χ3v) is 3.88. The third kappa shape index (κ3) is 5.61. The van der Waals surface area contributed by atoms with Gasteiger partial charge in [-0.15, -0.1) is 0 Å². The number of nitrogens with one attached hydrogen (secondary N) is 1. The molecule has 0 aliphatic heterocycles. The number of benzene rings is 1. The van der Waals surface area contributed by atoms with Crippen LogP contribution < -0.4 is 10.1 Å². The van der Waals surface area contributed by atoms with Crippen LogP contribution in [-0.2, 0) is 6.18 Å². The summed E-state index contributed by atoms with van der Waals surface area (Å²) in [6.07, 6.45) is -1.28. The molecule has 0 aliphatic rings. The summed E-state index contributed by atoms with van der Waals surface area (Å²) in [5, 5.41) is 2.92. The lowest BCUT2D eigenvalue weighted by molar-refractivity contribution is -0.139. The maximum absolute atomic E-state index is 13.1. The van der Waals surface area contributed by atoms with Crippen molar-refractivity contribution in [3.05, 3.63) is 41.6 Å². The van der Waals surface area contributed by atoms with Gasteiger partial charge in [-0.1, -0.05) is 45.7 Å². The van der Waals surface area contributed by atoms with Crippen LogP contribution in [0.5, 0.6) is 5.88 Å². The highest BCUT2D eigenvalue weighted by Crippen LogP contribution is 2.35. The SMILES string of the molecule is CCCCCOc1nc(Nc2ccc(C(C)C)cc2)ncc1C(F)(F)F. The molecule has 0 aliphatic carbocycles. The highest BCUT2D eigenvalue weighted by Gasteiger charge is 2.36. The molecule has 0 spiro atoms. The van der Waals surface area contributed by atoms with Crippen LogP contribution >= 0.6 is 0 Å². The quantitative estimate of drug-likeness (QED) is 0.587. The largest absolute Gasteiger partial charge is 0.477 e. The first-order chi connectivity index (χ1) is 12.3. The van der Waals surface area contributed by atoms with Crippen molar-refractivity contribution in [2.75, 3.05) is 11.9 Å². The Kier molecular flexibility index (Phi) is 6.83. The fraction of sp³-hybridized carbons (Fsp3) is 0.474. The molecule has 0 bridgehead atoms. The standard InChI is InChI=1S/C19H24F3N3O/c1-4-5-6-11-26-17-16(19(20,21)22)12-23-18(25-17)24-15-9-7-14(8-10-15)13(2)3/h7-10,12-13H,4-6,11H2,1-3H3,(H,23,24,25). The number of hydrogen-bond donors (Lipinski definition) is 1. The maximum Gasteiger partial charge on any atom is 0.423 e. The van der Waals surface area contributed by atoms with Crippen molar-refractivity contribution >= 4 is 11.6 Å². The predicted octanol–water partition coefficient (Wildman–Crippen LogP) is 5.93. The third-order valence-electron chi connectivity index (χ3n) is 3.88. The van der Waals surface area contributed by atoms with E-state index in [1.807, 2.05) is 31.2 Å². The van der Waals surface area contributed by atoms with Gasteiger partial charge in [-0.2, -0.15) is 18.2 Å². The molecule has 1 aromatic heterocycles. The van der Waals surface area contributed by atoms with Crippen LogP contribution in [0.4, 0.5) is 24.8 Å². The second-order valence-corrected chi connectivity index (χ2v) is 6.37. The van der Waals surface area contributed by atoms with Crippen molar-refractivity contribution < 1.29 is 17.9 Å². The number of hydrogen-bond acceptors (Lipinski definition) is 4. The van der Waals surface area contributed by atoms with Gasteiger partial charge in [0, 0.05) is 11.9 Å². The molecule has 0 radical (unpaired) electrons. The van der Waals surface area contributed by atoms with Crippen LogP contribution in [0.25, 0.3) is 0 Å². The lowest BCUT2D eigenvalue weighted by atomic mass is 10.0. The number of anilines is 2. The molecule has 0 saturated carbocycles. The van der Waals surface area contributed by atoms with Gasteiger partial charge in [0.15, 0.2) is 0 Å². The van der Waals surface area contributed by atoms with Crippen molar-refractivity contribution in [2.45, 2.75) is 52.1 Å². The summed E-state index contributed by atoms with van der Waals surface area (Å²) < 4.78 is 44.6. The first kappa shape index (κ1) is 20.0. The second kappa shape index (κ2) is 8.87. The zero-order valence-corrected chi connectivity index (χ0v) is 15.2. The van der Waals surface area contributed by atoms with Crippen molar-refractivity contribution in [1.82, 2.24) is 9.97 Å². The lowest BCUT2D eigenvalue weighted by Gasteiger charge is -2.14. The normalized spacial score (nSPS) is 11.7. The van der Waals surface area contributed by atoms with Crippen LogP contribution in [0.1, 0.15) is 57.1 Å². The molecule has 2 rings (SSSR count). The summed E-state index contributed by atoms with van der Waals surface area (Å²) in [5.41, 5.74) is 0.907. The Labute approximate surface area is 151 Å². The average molecular weight is 367 g/mol. The van der Waals surface area contributed by atoms with E-state index in [-0.39, 0.29) is 12.6 Å². The van der Waals surface area contributed by atoms with Crippen molar-refractivity contribution in [2.24, 2.45) is 0 Å². The lowest BCUT2D eigenvalue weighted by Crippen LogP contribution is -2.13. The molecule has 0 unspecified atom stereocenters. The van der Waals surface area contributed by atoms with Gasteiger partial charge in [0.1, 0.15) is 5.56 Å². The Bertz CT molecular complexity index is 700. The molecular weight excluding hydrogens is 343 g/mol. The number of ether oxygens (including phenoxy) is 1. The Hall–Kier alpha value is -2.31. The van der Waals surface area contributed by atoms with Crippen molar-refractivity contribution in [3.63, 3.8) is 0 Å². The summed E-state index contributed by atoms with van der Waals surface area (Å²) in [4.78, 5) is 7.71. The topological polar surface area (TPSA) is 47.0 Å². The number of nitrogens with zero attached hydrogens (tertiary/aromatic N) is 2. The smallest absolute Gasteiger partial charge is 0.423 e. The predicted molar refractivity (Wildman–Crippen MR) is 95.9 cm³/mol. The summed E-state index contributed by atoms with van der Waals surface area (Å²) in [6, 6.07) is 7.61. The maximum atomic E-state index is 13.1. The number of aromatic nitrogens is 2. The first-order valence-corrected chi connectivity index (χ1v) is 8.75. The summed E-state index contributed by atoms with van der Waals surface area (Å²) in [5.74, 6) is 0.0279. The zero-order chi connectivity index (χ0) is 19.2. The van der Waals surface area contributed by atoms with Gasteiger partial charge in [-0.3, -0.25) is 0 Å². The monoisotopic (exact) mass is 367 g/mol. The van der Waals surface area contributed by atoms with E-state index in [0.717, 1.165) is 19.0 Å². The Morgan fingerprint density at radius 3 is 2.38 bits per heavy atom. The van der Waals surface area contributed by atoms with Gasteiger partial charge in [0.2, 0.25) is 11.8 Å². The van der Waals surface area contributed by atoms with Crippen molar-refractivity contribution in [3.8, 4) is 5.88 Å². The summed E-state index contributed by atoms with van der Waals surface area (Å²) in [7, 11) is 0.